The summed E-state index contributed by atoms with van der Waals surface area (Å²) in [5.74, 6) is 1.10. The largest absolute Gasteiger partial charge is 0.491 e. The standard InChI is InChI=1S/C16H25NO2/c1-12(2)16(18)17-10-6-8-14-7-5-9-15(11-14)19-13(3)4/h5,7,9,11-13H,6,8,10H2,1-4H3,(H,17,18). The molecule has 0 radical (unpaired) electrons. The summed E-state index contributed by atoms with van der Waals surface area (Å²) >= 11 is 0. The summed E-state index contributed by atoms with van der Waals surface area (Å²) in [4.78, 5) is 11.4. The van der Waals surface area contributed by atoms with Crippen molar-refractivity contribution in [3.8, 4) is 5.75 Å². The van der Waals surface area contributed by atoms with Crippen LogP contribution in [0.5, 0.6) is 5.75 Å². The molecule has 3 nitrogen and oxygen atoms in total. The van der Waals surface area contributed by atoms with E-state index in [4.69, 9.17) is 4.74 Å². The molecule has 1 rings (SSSR count). The van der Waals surface area contributed by atoms with E-state index in [0.29, 0.717) is 0 Å². The molecule has 19 heavy (non-hydrogen) atoms. The van der Waals surface area contributed by atoms with Crippen LogP contribution in [-0.2, 0) is 11.2 Å². The number of rotatable bonds is 7. The summed E-state index contributed by atoms with van der Waals surface area (Å²) in [6, 6.07) is 8.16. The number of carbonyl (C=O) groups is 1. The Morgan fingerprint density at radius 1 is 1.26 bits per heavy atom. The maximum atomic E-state index is 11.4. The highest BCUT2D eigenvalue weighted by molar-refractivity contribution is 5.77. The Morgan fingerprint density at radius 2 is 2.00 bits per heavy atom. The number of hydrogen-bond donors (Lipinski definition) is 1. The summed E-state index contributed by atoms with van der Waals surface area (Å²) in [7, 11) is 0. The highest BCUT2D eigenvalue weighted by Gasteiger charge is 2.05. The van der Waals surface area contributed by atoms with E-state index in [9.17, 15) is 4.79 Å². The van der Waals surface area contributed by atoms with Crippen LogP contribution >= 0.6 is 0 Å². The Balaban J connectivity index is 2.35. The van der Waals surface area contributed by atoms with Gasteiger partial charge in [0, 0.05) is 12.5 Å². The molecule has 0 aliphatic rings. The van der Waals surface area contributed by atoms with Crippen LogP contribution in [0.15, 0.2) is 24.3 Å². The van der Waals surface area contributed by atoms with Crippen molar-refractivity contribution in [2.75, 3.05) is 6.54 Å². The van der Waals surface area contributed by atoms with Gasteiger partial charge < -0.3 is 10.1 Å². The lowest BCUT2D eigenvalue weighted by Gasteiger charge is -2.11. The second kappa shape index (κ2) is 7.82. The average Bonchev–Trinajstić information content (AvgIpc) is 2.34. The summed E-state index contributed by atoms with van der Waals surface area (Å²) < 4.78 is 5.66. The number of ether oxygens (including phenoxy) is 1. The normalized spacial score (nSPS) is 10.8. The topological polar surface area (TPSA) is 38.3 Å². The Morgan fingerprint density at radius 3 is 2.63 bits per heavy atom. The molecule has 1 aromatic carbocycles. The van der Waals surface area contributed by atoms with E-state index < -0.39 is 0 Å². The summed E-state index contributed by atoms with van der Waals surface area (Å²) in [6.45, 7) is 8.58. The molecule has 0 aromatic heterocycles. The second-order valence-electron chi connectivity index (χ2n) is 5.36. The number of hydrogen-bond acceptors (Lipinski definition) is 2. The molecule has 1 amide bonds. The van der Waals surface area contributed by atoms with Gasteiger partial charge in [-0.1, -0.05) is 26.0 Å². The lowest BCUT2D eigenvalue weighted by atomic mass is 10.1. The van der Waals surface area contributed by atoms with Crippen molar-refractivity contribution >= 4 is 5.91 Å². The highest BCUT2D eigenvalue weighted by atomic mass is 16.5. The minimum absolute atomic E-state index is 0.0581. The van der Waals surface area contributed by atoms with Crippen molar-refractivity contribution in [1.82, 2.24) is 5.32 Å². The van der Waals surface area contributed by atoms with Gasteiger partial charge in [-0.3, -0.25) is 4.79 Å². The third-order valence-corrected chi connectivity index (χ3v) is 2.74. The Hall–Kier alpha value is -1.51. The number of aryl methyl sites for hydroxylation is 1. The van der Waals surface area contributed by atoms with Crippen LogP contribution in [0.1, 0.15) is 39.7 Å². The molecular weight excluding hydrogens is 238 g/mol. The van der Waals surface area contributed by atoms with Crippen LogP contribution in [0.4, 0.5) is 0 Å². The second-order valence-corrected chi connectivity index (χ2v) is 5.36. The van der Waals surface area contributed by atoms with Gasteiger partial charge >= 0.3 is 0 Å². The Bertz CT molecular complexity index is 399. The number of amides is 1. The fourth-order valence-electron chi connectivity index (χ4n) is 1.75. The first-order valence-electron chi connectivity index (χ1n) is 7.02. The van der Waals surface area contributed by atoms with Crippen molar-refractivity contribution in [1.29, 1.82) is 0 Å². The van der Waals surface area contributed by atoms with E-state index in [1.165, 1.54) is 5.56 Å². The van der Waals surface area contributed by atoms with Crippen molar-refractivity contribution in [3.63, 3.8) is 0 Å². The van der Waals surface area contributed by atoms with Gasteiger partial charge in [0.25, 0.3) is 0 Å². The first kappa shape index (κ1) is 15.5. The molecule has 0 saturated heterocycles. The van der Waals surface area contributed by atoms with Crippen LogP contribution in [-0.4, -0.2) is 18.6 Å². The monoisotopic (exact) mass is 263 g/mol. The predicted octanol–water partition coefficient (Wildman–Crippen LogP) is 3.18. The van der Waals surface area contributed by atoms with E-state index in [-0.39, 0.29) is 17.9 Å². The molecule has 0 bridgehead atoms. The molecule has 0 aliphatic carbocycles. The van der Waals surface area contributed by atoms with Crippen molar-refractivity contribution in [2.45, 2.75) is 46.6 Å². The highest BCUT2D eigenvalue weighted by Crippen LogP contribution is 2.15. The molecule has 1 N–H and O–H groups in total. The van der Waals surface area contributed by atoms with Crippen LogP contribution in [0.3, 0.4) is 0 Å². The fraction of sp³-hybridized carbons (Fsp3) is 0.562. The van der Waals surface area contributed by atoms with Gasteiger partial charge in [0.05, 0.1) is 6.10 Å². The van der Waals surface area contributed by atoms with Gasteiger partial charge in [0.15, 0.2) is 0 Å². The summed E-state index contributed by atoms with van der Waals surface area (Å²) in [6.07, 6.45) is 2.10. The molecule has 0 heterocycles. The molecule has 0 spiro atoms. The minimum atomic E-state index is 0.0581. The van der Waals surface area contributed by atoms with E-state index in [0.717, 1.165) is 25.1 Å². The van der Waals surface area contributed by atoms with Crippen molar-refractivity contribution < 1.29 is 9.53 Å². The molecule has 1 aromatic rings. The fourth-order valence-corrected chi connectivity index (χ4v) is 1.75. The smallest absolute Gasteiger partial charge is 0.222 e. The first-order valence-corrected chi connectivity index (χ1v) is 7.02. The lowest BCUT2D eigenvalue weighted by molar-refractivity contribution is -0.123. The van der Waals surface area contributed by atoms with Gasteiger partial charge in [-0.2, -0.15) is 0 Å². The average molecular weight is 263 g/mol. The quantitative estimate of drug-likeness (QED) is 0.767. The third-order valence-electron chi connectivity index (χ3n) is 2.74. The van der Waals surface area contributed by atoms with Crippen LogP contribution in [0.2, 0.25) is 0 Å². The minimum Gasteiger partial charge on any atom is -0.491 e. The SMILES string of the molecule is CC(C)Oc1cccc(CCCNC(=O)C(C)C)c1. The number of nitrogens with one attached hydrogen (secondary N) is 1. The maximum absolute atomic E-state index is 11.4. The zero-order valence-corrected chi connectivity index (χ0v) is 12.4. The molecule has 0 unspecified atom stereocenters. The molecule has 0 fully saturated rings. The van der Waals surface area contributed by atoms with Crippen LogP contribution < -0.4 is 10.1 Å². The molecule has 3 heteroatoms. The molecule has 0 atom stereocenters. The van der Waals surface area contributed by atoms with E-state index >= 15 is 0 Å². The molecule has 0 aliphatic heterocycles. The van der Waals surface area contributed by atoms with Crippen molar-refractivity contribution in [3.05, 3.63) is 29.8 Å². The predicted molar refractivity (Wildman–Crippen MR) is 78.4 cm³/mol. The van der Waals surface area contributed by atoms with Crippen LogP contribution in [0.25, 0.3) is 0 Å². The zero-order chi connectivity index (χ0) is 14.3. The van der Waals surface area contributed by atoms with Crippen molar-refractivity contribution in [2.24, 2.45) is 5.92 Å². The van der Waals surface area contributed by atoms with Crippen LogP contribution in [0, 0.1) is 5.92 Å². The van der Waals surface area contributed by atoms with E-state index in [2.05, 4.69) is 17.4 Å². The molecule has 0 saturated carbocycles. The Labute approximate surface area is 116 Å². The lowest BCUT2D eigenvalue weighted by Crippen LogP contribution is -2.28. The zero-order valence-electron chi connectivity index (χ0n) is 12.4. The maximum Gasteiger partial charge on any atom is 0.222 e. The summed E-state index contributed by atoms with van der Waals surface area (Å²) in [5, 5.41) is 2.93. The van der Waals surface area contributed by atoms with Gasteiger partial charge in [-0.25, -0.2) is 0 Å². The van der Waals surface area contributed by atoms with E-state index in [1.807, 2.05) is 39.8 Å². The van der Waals surface area contributed by atoms with Gasteiger partial charge in [0.2, 0.25) is 5.91 Å². The summed E-state index contributed by atoms with van der Waals surface area (Å²) in [5.41, 5.74) is 1.25. The molecular formula is C16H25NO2. The van der Waals surface area contributed by atoms with Gasteiger partial charge in [-0.05, 0) is 44.4 Å². The number of carbonyl (C=O) groups excluding carboxylic acids is 1. The third kappa shape index (κ3) is 6.27. The number of benzene rings is 1. The van der Waals surface area contributed by atoms with E-state index in [1.54, 1.807) is 0 Å². The first-order chi connectivity index (χ1) is 8.99. The molecule has 106 valence electrons. The Kier molecular flexibility index (Phi) is 6.40. The van der Waals surface area contributed by atoms with Gasteiger partial charge in [0.1, 0.15) is 5.75 Å². The van der Waals surface area contributed by atoms with Gasteiger partial charge in [-0.15, -0.1) is 0 Å².